The molecule has 0 heterocycles. The van der Waals surface area contributed by atoms with Gasteiger partial charge in [-0.15, -0.1) is 0 Å². The Morgan fingerprint density at radius 3 is 1.86 bits per heavy atom. The van der Waals surface area contributed by atoms with Crippen molar-refractivity contribution in [1.29, 1.82) is 0 Å². The quantitative estimate of drug-likeness (QED) is 0.299. The van der Waals surface area contributed by atoms with Crippen LogP contribution in [-0.4, -0.2) is 39.0 Å². The van der Waals surface area contributed by atoms with Crippen molar-refractivity contribution >= 4 is 5.97 Å². The summed E-state index contributed by atoms with van der Waals surface area (Å²) in [5.41, 5.74) is 0.830. The van der Waals surface area contributed by atoms with E-state index >= 15 is 0 Å². The topological polar surface area (TPSA) is 127 Å². The summed E-state index contributed by atoms with van der Waals surface area (Å²) in [5, 5.41) is 8.07. The zero-order valence-electron chi connectivity index (χ0n) is 7.67. The van der Waals surface area contributed by atoms with E-state index in [1.807, 2.05) is 0 Å². The van der Waals surface area contributed by atoms with Crippen LogP contribution in [0.25, 0.3) is 0 Å². The molecular weight excluding hydrogens is 232 g/mol. The molecule has 0 aliphatic heterocycles. The monoisotopic (exact) mass is 246 g/mol. The van der Waals surface area contributed by atoms with Crippen molar-refractivity contribution < 1.29 is 47.5 Å². The molecule has 0 rings (SSSR count). The number of carboxylic acids is 1. The normalized spacial score (nSPS) is 10.1. The second-order valence-electron chi connectivity index (χ2n) is 2.44. The SMILES string of the molecule is C=C(C)COCC(=O)O.[OH][Ti]([OH])([OH])[OH]. The Morgan fingerprint density at radius 2 is 1.64 bits per heavy atom. The molecule has 0 amide bonds. The molecule has 8 heteroatoms. The fourth-order valence-corrected chi connectivity index (χ4v) is 0.313. The molecule has 0 aliphatic carbocycles. The van der Waals surface area contributed by atoms with E-state index < -0.39 is 24.1 Å². The van der Waals surface area contributed by atoms with Gasteiger partial charge in [-0.05, 0) is 6.92 Å². The van der Waals surface area contributed by atoms with E-state index in [2.05, 4.69) is 11.3 Å². The third-order valence-corrected chi connectivity index (χ3v) is 0.574. The van der Waals surface area contributed by atoms with Gasteiger partial charge in [-0.2, -0.15) is 0 Å². The van der Waals surface area contributed by atoms with Gasteiger partial charge in [0, 0.05) is 0 Å². The number of rotatable bonds is 4. The minimum absolute atomic E-state index is 0.243. The van der Waals surface area contributed by atoms with Crippen LogP contribution in [0.5, 0.6) is 0 Å². The summed E-state index contributed by atoms with van der Waals surface area (Å²) >= 11 is -5.00. The van der Waals surface area contributed by atoms with Gasteiger partial charge in [-0.25, -0.2) is 4.79 Å². The molecule has 0 radical (unpaired) electrons. The van der Waals surface area contributed by atoms with Crippen molar-refractivity contribution in [3.05, 3.63) is 12.2 Å². The van der Waals surface area contributed by atoms with Crippen molar-refractivity contribution in [2.75, 3.05) is 13.2 Å². The van der Waals surface area contributed by atoms with Crippen molar-refractivity contribution in [3.8, 4) is 0 Å². The number of hydrogen-bond donors (Lipinski definition) is 5. The number of hydrogen-bond acceptors (Lipinski definition) is 6. The fourth-order valence-electron chi connectivity index (χ4n) is 0.313. The number of carboxylic acid groups (broad SMARTS) is 1. The van der Waals surface area contributed by atoms with Gasteiger partial charge in [0.1, 0.15) is 6.61 Å². The summed E-state index contributed by atoms with van der Waals surface area (Å²) in [4.78, 5) is 9.83. The van der Waals surface area contributed by atoms with Crippen molar-refractivity contribution in [2.24, 2.45) is 0 Å². The van der Waals surface area contributed by atoms with E-state index in [-0.39, 0.29) is 6.61 Å². The molecule has 0 bridgehead atoms. The van der Waals surface area contributed by atoms with E-state index in [4.69, 9.17) is 19.9 Å². The molecule has 5 N–H and O–H groups in total. The first kappa shape index (κ1) is 16.2. The molecule has 0 saturated carbocycles. The van der Waals surface area contributed by atoms with Gasteiger partial charge in [-0.3, -0.25) is 0 Å². The summed E-state index contributed by atoms with van der Waals surface area (Å²) in [6.45, 7) is 5.40. The van der Waals surface area contributed by atoms with Crippen LogP contribution in [0, 0.1) is 0 Å². The molecular formula is C6H14O7Ti. The number of ether oxygens (including phenoxy) is 1. The van der Waals surface area contributed by atoms with Crippen LogP contribution < -0.4 is 0 Å². The van der Waals surface area contributed by atoms with Gasteiger partial charge in [0.05, 0.1) is 6.61 Å². The van der Waals surface area contributed by atoms with Crippen LogP contribution in [0.15, 0.2) is 12.2 Å². The van der Waals surface area contributed by atoms with Gasteiger partial charge < -0.3 is 9.84 Å². The first-order valence-corrected chi connectivity index (χ1v) is 6.25. The molecule has 0 unspecified atom stereocenters. The van der Waals surface area contributed by atoms with Crippen molar-refractivity contribution in [1.82, 2.24) is 0 Å². The Bertz CT molecular complexity index is 165. The third-order valence-electron chi connectivity index (χ3n) is 0.574. The number of aliphatic carboxylic acids is 1. The Labute approximate surface area is 86.1 Å². The van der Waals surface area contributed by atoms with Crippen LogP contribution >= 0.6 is 0 Å². The van der Waals surface area contributed by atoms with E-state index in [1.54, 1.807) is 6.92 Å². The molecule has 0 aromatic carbocycles. The summed E-state index contributed by atoms with van der Waals surface area (Å²) in [6, 6.07) is 0. The maximum atomic E-state index is 9.83. The van der Waals surface area contributed by atoms with Crippen LogP contribution in [0.1, 0.15) is 6.92 Å². The molecule has 0 spiro atoms. The van der Waals surface area contributed by atoms with Crippen molar-refractivity contribution in [3.63, 3.8) is 0 Å². The molecule has 0 atom stereocenters. The average molecular weight is 246 g/mol. The molecule has 84 valence electrons. The molecule has 7 nitrogen and oxygen atoms in total. The van der Waals surface area contributed by atoms with Crippen LogP contribution in [0.2, 0.25) is 0 Å². The zero-order chi connectivity index (χ0) is 11.8. The summed E-state index contributed by atoms with van der Waals surface area (Å²) < 4.78 is 34.2. The fraction of sp³-hybridized carbons (Fsp3) is 0.500. The minimum atomic E-state index is -5.00. The standard InChI is InChI=1S/C6H10O3.4H2O.Ti/c1-5(2)3-9-4-6(7)8;;;;;/h1,3-4H2,2H3,(H,7,8);4*1H2;/q;;;;;+4/p-4. The Kier molecular flexibility index (Phi) is 9.32. The molecule has 0 saturated heterocycles. The van der Waals surface area contributed by atoms with Crippen LogP contribution in [-0.2, 0) is 27.7 Å². The van der Waals surface area contributed by atoms with E-state index in [0.717, 1.165) is 5.57 Å². The van der Waals surface area contributed by atoms with E-state index in [9.17, 15) is 4.79 Å². The zero-order valence-corrected chi connectivity index (χ0v) is 9.24. The van der Waals surface area contributed by atoms with E-state index in [1.165, 1.54) is 0 Å². The van der Waals surface area contributed by atoms with Gasteiger partial charge in [0.25, 0.3) is 0 Å². The molecule has 0 aliphatic rings. The van der Waals surface area contributed by atoms with Gasteiger partial charge in [-0.1, -0.05) is 12.2 Å². The van der Waals surface area contributed by atoms with Crippen LogP contribution in [0.3, 0.4) is 0 Å². The Morgan fingerprint density at radius 1 is 1.29 bits per heavy atom. The van der Waals surface area contributed by atoms with Gasteiger partial charge in [0.2, 0.25) is 0 Å². The summed E-state index contributed by atoms with van der Waals surface area (Å²) in [7, 11) is 0. The van der Waals surface area contributed by atoms with Gasteiger partial charge in [0.15, 0.2) is 0 Å². The third kappa shape index (κ3) is 41.2. The molecule has 14 heavy (non-hydrogen) atoms. The Balaban J connectivity index is 0. The predicted molar refractivity (Wildman–Crippen MR) is 42.1 cm³/mol. The maximum absolute atomic E-state index is 9.83. The van der Waals surface area contributed by atoms with E-state index in [0.29, 0.717) is 6.61 Å². The predicted octanol–water partition coefficient (Wildman–Crippen LogP) is -1.57. The van der Waals surface area contributed by atoms with Crippen molar-refractivity contribution in [2.45, 2.75) is 6.92 Å². The first-order valence-electron chi connectivity index (χ1n) is 3.46. The van der Waals surface area contributed by atoms with Gasteiger partial charge >= 0.3 is 38.9 Å². The molecule has 0 aromatic rings. The Hall–Kier alpha value is -0.276. The first-order chi connectivity index (χ1) is 6.13. The molecule has 0 fully saturated rings. The summed E-state index contributed by atoms with van der Waals surface area (Å²) in [5.74, 6) is -0.948. The second kappa shape index (κ2) is 8.07. The second-order valence-corrected chi connectivity index (χ2v) is 4.32. The number of carbonyl (C=O) groups is 1. The summed E-state index contributed by atoms with van der Waals surface area (Å²) in [6.07, 6.45) is 0. The molecule has 0 aromatic heterocycles. The average Bonchev–Trinajstić information content (AvgIpc) is 1.80. The van der Waals surface area contributed by atoms with Crippen LogP contribution in [0.4, 0.5) is 0 Å².